The first kappa shape index (κ1) is 13.8. The molecule has 2 heterocycles. The zero-order valence-corrected chi connectivity index (χ0v) is 13.6. The van der Waals surface area contributed by atoms with E-state index in [-0.39, 0.29) is 11.2 Å². The lowest BCUT2D eigenvalue weighted by Crippen LogP contribution is -2.26. The van der Waals surface area contributed by atoms with E-state index in [4.69, 9.17) is 4.98 Å². The molecule has 0 unspecified atom stereocenters. The molecule has 0 fully saturated rings. The summed E-state index contributed by atoms with van der Waals surface area (Å²) in [5.74, 6) is 0.254. The number of carbonyl (C=O) groups is 1. The molecule has 0 saturated heterocycles. The van der Waals surface area contributed by atoms with Crippen LogP contribution in [0.3, 0.4) is 0 Å². The van der Waals surface area contributed by atoms with Gasteiger partial charge in [0.15, 0.2) is 10.9 Å². The van der Waals surface area contributed by atoms with E-state index in [9.17, 15) is 4.79 Å². The Morgan fingerprint density at radius 2 is 2.20 bits per heavy atom. The second-order valence-corrected chi connectivity index (χ2v) is 7.96. The highest BCUT2D eigenvalue weighted by molar-refractivity contribution is 7.17. The zero-order valence-electron chi connectivity index (χ0n) is 12.0. The van der Waals surface area contributed by atoms with Crippen molar-refractivity contribution < 1.29 is 4.79 Å². The molecule has 2 aromatic rings. The maximum atomic E-state index is 12.2. The molecule has 0 atom stereocenters. The number of fused-ring (bicyclic) bond motifs is 1. The van der Waals surface area contributed by atoms with Gasteiger partial charge in [0, 0.05) is 20.0 Å². The second-order valence-electron chi connectivity index (χ2n) is 6.20. The Bertz CT molecular complexity index is 628. The van der Waals surface area contributed by atoms with Crippen molar-refractivity contribution in [3.05, 3.63) is 33.0 Å². The van der Waals surface area contributed by atoms with E-state index >= 15 is 0 Å². The quantitative estimate of drug-likeness (QED) is 0.859. The number of aromatic nitrogens is 1. The lowest BCUT2D eigenvalue weighted by molar-refractivity contribution is 0.0916. The molecule has 106 valence electrons. The van der Waals surface area contributed by atoms with Crippen LogP contribution >= 0.6 is 22.7 Å². The minimum absolute atomic E-state index is 0.0430. The number of thiazole rings is 1. The Labute approximate surface area is 127 Å². The van der Waals surface area contributed by atoms with Gasteiger partial charge in [0.2, 0.25) is 0 Å². The summed E-state index contributed by atoms with van der Waals surface area (Å²) in [7, 11) is 2.04. The van der Waals surface area contributed by atoms with Crippen LogP contribution in [0.2, 0.25) is 0 Å². The summed E-state index contributed by atoms with van der Waals surface area (Å²) >= 11 is 3.25. The van der Waals surface area contributed by atoms with Crippen LogP contribution in [0.25, 0.3) is 0 Å². The van der Waals surface area contributed by atoms with Gasteiger partial charge in [-0.1, -0.05) is 25.2 Å². The number of thiophene rings is 1. The van der Waals surface area contributed by atoms with E-state index < -0.39 is 0 Å². The van der Waals surface area contributed by atoms with Gasteiger partial charge < -0.3 is 4.90 Å². The van der Waals surface area contributed by atoms with Gasteiger partial charge in [0.25, 0.3) is 0 Å². The standard InChI is InChI=1S/C15H18N2OS2/c1-15(2)6-11-13(12(18)7-15)20-14(16-11)17(3)8-10-4-5-19-9-10/h4-5,9H,6-8H2,1-3H3. The summed E-state index contributed by atoms with van der Waals surface area (Å²) in [4.78, 5) is 19.9. The molecular formula is C15H18N2OS2. The third-order valence-corrected chi connectivity index (χ3v) is 5.54. The molecular weight excluding hydrogens is 288 g/mol. The summed E-state index contributed by atoms with van der Waals surface area (Å²) in [5, 5.41) is 5.19. The van der Waals surface area contributed by atoms with E-state index in [0.29, 0.717) is 6.42 Å². The first-order valence-electron chi connectivity index (χ1n) is 6.70. The SMILES string of the molecule is CN(Cc1ccsc1)c1nc2c(s1)C(=O)CC(C)(C)C2. The van der Waals surface area contributed by atoms with Crippen molar-refractivity contribution in [3.63, 3.8) is 0 Å². The molecule has 3 rings (SSSR count). The fourth-order valence-corrected chi connectivity index (χ4v) is 4.24. The lowest BCUT2D eigenvalue weighted by Gasteiger charge is -2.26. The summed E-state index contributed by atoms with van der Waals surface area (Å²) in [6.45, 7) is 5.12. The summed E-state index contributed by atoms with van der Waals surface area (Å²) < 4.78 is 0. The maximum Gasteiger partial charge on any atom is 0.186 e. The van der Waals surface area contributed by atoms with Gasteiger partial charge in [-0.2, -0.15) is 11.3 Å². The van der Waals surface area contributed by atoms with Crippen molar-refractivity contribution in [2.75, 3.05) is 11.9 Å². The number of ketones is 1. The lowest BCUT2D eigenvalue weighted by atomic mass is 9.78. The van der Waals surface area contributed by atoms with E-state index in [2.05, 4.69) is 35.6 Å². The molecule has 0 aliphatic heterocycles. The maximum absolute atomic E-state index is 12.2. The van der Waals surface area contributed by atoms with E-state index in [1.54, 1.807) is 22.7 Å². The molecule has 0 N–H and O–H groups in total. The summed E-state index contributed by atoms with van der Waals surface area (Å²) in [5.41, 5.74) is 2.32. The number of carbonyl (C=O) groups excluding carboxylic acids is 1. The molecule has 0 radical (unpaired) electrons. The van der Waals surface area contributed by atoms with Crippen molar-refractivity contribution >= 4 is 33.6 Å². The average Bonchev–Trinajstić information content (AvgIpc) is 2.96. The zero-order chi connectivity index (χ0) is 14.3. The van der Waals surface area contributed by atoms with Gasteiger partial charge in [-0.3, -0.25) is 4.79 Å². The van der Waals surface area contributed by atoms with Gasteiger partial charge in [-0.05, 0) is 34.2 Å². The normalized spacial score (nSPS) is 17.1. The van der Waals surface area contributed by atoms with Gasteiger partial charge in [0.05, 0.1) is 10.6 Å². The number of anilines is 1. The average molecular weight is 306 g/mol. The Morgan fingerprint density at radius 3 is 2.90 bits per heavy atom. The van der Waals surface area contributed by atoms with Gasteiger partial charge in [0.1, 0.15) is 0 Å². The molecule has 3 nitrogen and oxygen atoms in total. The Balaban J connectivity index is 1.84. The first-order chi connectivity index (χ1) is 9.44. The topological polar surface area (TPSA) is 33.2 Å². The molecule has 2 aromatic heterocycles. The number of hydrogen-bond donors (Lipinski definition) is 0. The van der Waals surface area contributed by atoms with Crippen molar-refractivity contribution in [1.82, 2.24) is 4.98 Å². The van der Waals surface area contributed by atoms with E-state index in [1.165, 1.54) is 5.56 Å². The number of nitrogens with zero attached hydrogens (tertiary/aromatic N) is 2. The molecule has 0 spiro atoms. The fourth-order valence-electron chi connectivity index (χ4n) is 2.59. The van der Waals surface area contributed by atoms with Crippen LogP contribution in [0, 0.1) is 5.41 Å². The minimum atomic E-state index is 0.0430. The predicted molar refractivity (Wildman–Crippen MR) is 85.0 cm³/mol. The highest BCUT2D eigenvalue weighted by atomic mass is 32.1. The smallest absolute Gasteiger partial charge is 0.186 e. The van der Waals surface area contributed by atoms with E-state index in [1.807, 2.05) is 7.05 Å². The van der Waals surface area contributed by atoms with Crippen LogP contribution < -0.4 is 4.90 Å². The Hall–Kier alpha value is -1.20. The van der Waals surface area contributed by atoms with Gasteiger partial charge >= 0.3 is 0 Å². The van der Waals surface area contributed by atoms with Crippen LogP contribution in [0.4, 0.5) is 5.13 Å². The number of rotatable bonds is 3. The molecule has 1 aliphatic carbocycles. The monoisotopic (exact) mass is 306 g/mol. The molecule has 1 aliphatic rings. The molecule has 0 amide bonds. The molecule has 0 bridgehead atoms. The molecule has 5 heteroatoms. The van der Waals surface area contributed by atoms with Crippen LogP contribution in [-0.2, 0) is 13.0 Å². The first-order valence-corrected chi connectivity index (χ1v) is 8.46. The second kappa shape index (κ2) is 4.97. The van der Waals surface area contributed by atoms with E-state index in [0.717, 1.165) is 28.7 Å². The molecule has 0 aromatic carbocycles. The van der Waals surface area contributed by atoms with Crippen molar-refractivity contribution in [2.45, 2.75) is 33.2 Å². The summed E-state index contributed by atoms with van der Waals surface area (Å²) in [6.07, 6.45) is 1.53. The van der Waals surface area contributed by atoms with Crippen LogP contribution in [0.5, 0.6) is 0 Å². The third-order valence-electron chi connectivity index (χ3n) is 3.55. The molecule has 20 heavy (non-hydrogen) atoms. The van der Waals surface area contributed by atoms with Gasteiger partial charge in [-0.15, -0.1) is 0 Å². The highest BCUT2D eigenvalue weighted by Gasteiger charge is 2.34. The van der Waals surface area contributed by atoms with Crippen molar-refractivity contribution in [2.24, 2.45) is 5.41 Å². The molecule has 0 saturated carbocycles. The number of hydrogen-bond acceptors (Lipinski definition) is 5. The third kappa shape index (κ3) is 2.65. The fraction of sp³-hybridized carbons (Fsp3) is 0.467. The van der Waals surface area contributed by atoms with Crippen LogP contribution in [0.15, 0.2) is 16.8 Å². The minimum Gasteiger partial charge on any atom is -0.347 e. The van der Waals surface area contributed by atoms with Crippen molar-refractivity contribution in [3.8, 4) is 0 Å². The predicted octanol–water partition coefficient (Wildman–Crippen LogP) is 4.00. The Kier molecular flexibility index (Phi) is 3.42. The Morgan fingerprint density at radius 1 is 1.40 bits per heavy atom. The number of Topliss-reactive ketones (excluding diaryl/α,β-unsaturated/α-hetero) is 1. The van der Waals surface area contributed by atoms with Crippen LogP contribution in [0.1, 0.15) is 41.2 Å². The van der Waals surface area contributed by atoms with Gasteiger partial charge in [-0.25, -0.2) is 4.98 Å². The van der Waals surface area contributed by atoms with Crippen molar-refractivity contribution in [1.29, 1.82) is 0 Å². The largest absolute Gasteiger partial charge is 0.347 e. The highest BCUT2D eigenvalue weighted by Crippen LogP contribution is 2.39. The summed E-state index contributed by atoms with van der Waals surface area (Å²) in [6, 6.07) is 2.13. The van der Waals surface area contributed by atoms with Crippen LogP contribution in [-0.4, -0.2) is 17.8 Å².